The summed E-state index contributed by atoms with van der Waals surface area (Å²) >= 11 is 0. The Hall–Kier alpha value is -2.93. The Labute approximate surface area is 156 Å². The van der Waals surface area contributed by atoms with Crippen molar-refractivity contribution < 1.29 is 14.3 Å². The number of pyridine rings is 2. The van der Waals surface area contributed by atoms with Crippen molar-refractivity contribution in [3.63, 3.8) is 0 Å². The number of amides is 1. The van der Waals surface area contributed by atoms with E-state index in [1.54, 1.807) is 6.20 Å². The first-order valence-electron chi connectivity index (χ1n) is 9.28. The molecule has 1 saturated heterocycles. The molecule has 1 fully saturated rings. The minimum absolute atomic E-state index is 0.0327. The Morgan fingerprint density at radius 2 is 2.19 bits per heavy atom. The highest BCUT2D eigenvalue weighted by Crippen LogP contribution is 2.30. The van der Waals surface area contributed by atoms with Crippen LogP contribution in [0.25, 0.3) is 22.3 Å². The largest absolute Gasteiger partial charge is 0.472 e. The number of fused-ring (bicyclic) bond motifs is 2. The van der Waals surface area contributed by atoms with Crippen molar-refractivity contribution in [2.45, 2.75) is 25.4 Å². The molecule has 2 N–H and O–H groups in total. The standard InChI is InChI=1S/C20H20N4O3/c25-20-14-10-17(23-15(14)6-8-22-20)13-5-7-21-16-3-4-18(24-19(13)16)27-12-2-1-9-26-11-12/h3-5,7,10,12,23H,1-2,6,8-9,11H2,(H,22,25)/t12-/m1/s1. The second kappa shape index (κ2) is 6.66. The van der Waals surface area contributed by atoms with Gasteiger partial charge >= 0.3 is 0 Å². The second-order valence-electron chi connectivity index (χ2n) is 6.91. The first-order chi connectivity index (χ1) is 13.3. The van der Waals surface area contributed by atoms with Gasteiger partial charge in [0.25, 0.3) is 5.91 Å². The predicted octanol–water partition coefficient (Wildman–Crippen LogP) is 2.47. The van der Waals surface area contributed by atoms with Gasteiger partial charge in [-0.1, -0.05) is 0 Å². The maximum atomic E-state index is 12.1. The van der Waals surface area contributed by atoms with Gasteiger partial charge in [-0.2, -0.15) is 0 Å². The van der Waals surface area contributed by atoms with Gasteiger partial charge in [-0.3, -0.25) is 9.78 Å². The molecule has 7 nitrogen and oxygen atoms in total. The molecule has 5 heterocycles. The van der Waals surface area contributed by atoms with Crippen molar-refractivity contribution in [1.82, 2.24) is 20.3 Å². The van der Waals surface area contributed by atoms with E-state index < -0.39 is 0 Å². The number of hydrogen-bond acceptors (Lipinski definition) is 5. The van der Waals surface area contributed by atoms with Crippen LogP contribution in [0.4, 0.5) is 0 Å². The van der Waals surface area contributed by atoms with Gasteiger partial charge in [0.05, 0.1) is 17.7 Å². The van der Waals surface area contributed by atoms with Gasteiger partial charge in [-0.25, -0.2) is 4.98 Å². The Morgan fingerprint density at radius 3 is 3.04 bits per heavy atom. The molecule has 2 aliphatic rings. The van der Waals surface area contributed by atoms with E-state index in [-0.39, 0.29) is 12.0 Å². The molecule has 0 unspecified atom stereocenters. The van der Waals surface area contributed by atoms with Gasteiger partial charge in [0.2, 0.25) is 5.88 Å². The normalized spacial score (nSPS) is 19.6. The summed E-state index contributed by atoms with van der Waals surface area (Å²) in [6.07, 6.45) is 4.56. The monoisotopic (exact) mass is 364 g/mol. The second-order valence-corrected chi connectivity index (χ2v) is 6.91. The number of nitrogens with one attached hydrogen (secondary N) is 2. The van der Waals surface area contributed by atoms with Gasteiger partial charge in [0.1, 0.15) is 11.6 Å². The highest BCUT2D eigenvalue weighted by molar-refractivity contribution is 5.99. The van der Waals surface area contributed by atoms with Crippen molar-refractivity contribution in [3.05, 3.63) is 41.7 Å². The average molecular weight is 364 g/mol. The van der Waals surface area contributed by atoms with Crippen LogP contribution in [0.5, 0.6) is 5.88 Å². The van der Waals surface area contributed by atoms with Crippen LogP contribution in [-0.2, 0) is 11.2 Å². The molecule has 3 aromatic rings. The fourth-order valence-electron chi connectivity index (χ4n) is 3.70. The van der Waals surface area contributed by atoms with Crippen molar-refractivity contribution >= 4 is 16.9 Å². The zero-order valence-corrected chi connectivity index (χ0v) is 14.8. The van der Waals surface area contributed by atoms with E-state index in [0.29, 0.717) is 24.6 Å². The van der Waals surface area contributed by atoms with E-state index in [0.717, 1.165) is 53.9 Å². The van der Waals surface area contributed by atoms with Crippen LogP contribution in [0.2, 0.25) is 0 Å². The number of aromatic nitrogens is 3. The minimum Gasteiger partial charge on any atom is -0.472 e. The molecular weight excluding hydrogens is 344 g/mol. The third-order valence-corrected chi connectivity index (χ3v) is 5.06. The first-order valence-corrected chi connectivity index (χ1v) is 9.28. The lowest BCUT2D eigenvalue weighted by Gasteiger charge is -2.22. The summed E-state index contributed by atoms with van der Waals surface area (Å²) in [7, 11) is 0. The molecule has 0 saturated carbocycles. The summed E-state index contributed by atoms with van der Waals surface area (Å²) in [6, 6.07) is 7.57. The van der Waals surface area contributed by atoms with Gasteiger partial charge < -0.3 is 19.8 Å². The first kappa shape index (κ1) is 16.3. The van der Waals surface area contributed by atoms with Gasteiger partial charge in [0, 0.05) is 48.8 Å². The molecule has 0 aliphatic carbocycles. The van der Waals surface area contributed by atoms with Gasteiger partial charge in [-0.05, 0) is 31.0 Å². The summed E-state index contributed by atoms with van der Waals surface area (Å²) in [5.41, 5.74) is 4.99. The third kappa shape index (κ3) is 3.04. The number of H-pyrrole nitrogens is 1. The predicted molar refractivity (Wildman–Crippen MR) is 99.8 cm³/mol. The van der Waals surface area contributed by atoms with Crippen molar-refractivity contribution in [3.8, 4) is 17.1 Å². The molecule has 3 aromatic heterocycles. The van der Waals surface area contributed by atoms with Crippen LogP contribution in [0.3, 0.4) is 0 Å². The number of carbonyl (C=O) groups excluding carboxylic acids is 1. The molecule has 0 bridgehead atoms. The smallest absolute Gasteiger partial charge is 0.253 e. The maximum Gasteiger partial charge on any atom is 0.253 e. The number of rotatable bonds is 3. The summed E-state index contributed by atoms with van der Waals surface area (Å²) in [4.78, 5) is 24.6. The van der Waals surface area contributed by atoms with Crippen LogP contribution in [0, 0.1) is 0 Å². The lowest BCUT2D eigenvalue weighted by Crippen LogP contribution is -2.31. The molecule has 2 aliphatic heterocycles. The lowest BCUT2D eigenvalue weighted by atomic mass is 10.1. The molecule has 1 atom stereocenters. The van der Waals surface area contributed by atoms with E-state index >= 15 is 0 Å². The molecule has 138 valence electrons. The SMILES string of the molecule is O=C1NCCc2[nH]c(-c3ccnc4ccc(O[C@@H]5CCCOC5)nc34)cc21. The zero-order chi connectivity index (χ0) is 18.2. The molecule has 27 heavy (non-hydrogen) atoms. The fraction of sp³-hybridized carbons (Fsp3) is 0.350. The maximum absolute atomic E-state index is 12.1. The number of hydrogen-bond donors (Lipinski definition) is 2. The van der Waals surface area contributed by atoms with Crippen LogP contribution in [-0.4, -0.2) is 46.7 Å². The Kier molecular flexibility index (Phi) is 4.01. The number of ether oxygens (including phenoxy) is 2. The summed E-state index contributed by atoms with van der Waals surface area (Å²) in [6.45, 7) is 2.05. The summed E-state index contributed by atoms with van der Waals surface area (Å²) < 4.78 is 11.5. The van der Waals surface area contributed by atoms with E-state index in [4.69, 9.17) is 14.5 Å². The van der Waals surface area contributed by atoms with E-state index in [1.165, 1.54) is 0 Å². The number of aromatic amines is 1. The van der Waals surface area contributed by atoms with Gasteiger partial charge in [-0.15, -0.1) is 0 Å². The van der Waals surface area contributed by atoms with Crippen LogP contribution >= 0.6 is 0 Å². The van der Waals surface area contributed by atoms with E-state index in [2.05, 4.69) is 15.3 Å². The topological polar surface area (TPSA) is 89.1 Å². The highest BCUT2D eigenvalue weighted by atomic mass is 16.5. The molecule has 7 heteroatoms. The molecular formula is C20H20N4O3. The van der Waals surface area contributed by atoms with Crippen molar-refractivity contribution in [2.24, 2.45) is 0 Å². The Morgan fingerprint density at radius 1 is 1.22 bits per heavy atom. The summed E-state index contributed by atoms with van der Waals surface area (Å²) in [5.74, 6) is 0.535. The Balaban J connectivity index is 1.54. The van der Waals surface area contributed by atoms with Crippen LogP contribution in [0.15, 0.2) is 30.5 Å². The quantitative estimate of drug-likeness (QED) is 0.745. The fourth-order valence-corrected chi connectivity index (χ4v) is 3.70. The summed E-state index contributed by atoms with van der Waals surface area (Å²) in [5, 5.41) is 2.88. The molecule has 5 rings (SSSR count). The molecule has 0 aromatic carbocycles. The molecule has 0 radical (unpaired) electrons. The minimum atomic E-state index is -0.0357. The molecule has 1 amide bonds. The lowest BCUT2D eigenvalue weighted by molar-refractivity contribution is 0.00564. The number of carbonyl (C=O) groups is 1. The molecule has 0 spiro atoms. The Bertz CT molecular complexity index is 1010. The zero-order valence-electron chi connectivity index (χ0n) is 14.8. The third-order valence-electron chi connectivity index (χ3n) is 5.06. The van der Waals surface area contributed by atoms with Gasteiger partial charge in [0.15, 0.2) is 0 Å². The number of nitrogens with zero attached hydrogens (tertiary/aromatic N) is 2. The highest BCUT2D eigenvalue weighted by Gasteiger charge is 2.21. The van der Waals surface area contributed by atoms with E-state index in [1.807, 2.05) is 24.3 Å². The van der Waals surface area contributed by atoms with Crippen LogP contribution in [0.1, 0.15) is 28.9 Å². The van der Waals surface area contributed by atoms with Crippen molar-refractivity contribution in [2.75, 3.05) is 19.8 Å². The van der Waals surface area contributed by atoms with Crippen molar-refractivity contribution in [1.29, 1.82) is 0 Å². The van der Waals surface area contributed by atoms with E-state index in [9.17, 15) is 4.79 Å². The average Bonchev–Trinajstić information content (AvgIpc) is 3.14. The van der Waals surface area contributed by atoms with Crippen LogP contribution < -0.4 is 10.1 Å².